The molecule has 4 rings (SSSR count). The van der Waals surface area contributed by atoms with Gasteiger partial charge in [0.2, 0.25) is 0 Å². The van der Waals surface area contributed by atoms with Gasteiger partial charge in [-0.25, -0.2) is 4.99 Å². The molecule has 39 heavy (non-hydrogen) atoms. The molecule has 1 N–H and O–H groups in total. The Balaban J connectivity index is 1.15. The molecule has 1 saturated heterocycles. The van der Waals surface area contributed by atoms with E-state index in [2.05, 4.69) is 57.6 Å². The number of aliphatic imine (C=N–C) groups is 1. The molecule has 0 spiro atoms. The lowest BCUT2D eigenvalue weighted by atomic mass is 9.98. The average Bonchev–Trinajstić information content (AvgIpc) is 3.12. The Kier molecular flexibility index (Phi) is 11.0. The molecule has 0 amide bonds. The zero-order valence-electron chi connectivity index (χ0n) is 23.2. The van der Waals surface area contributed by atoms with Crippen molar-refractivity contribution >= 4 is 35.0 Å². The molecule has 0 radical (unpaired) electrons. The van der Waals surface area contributed by atoms with Crippen LogP contribution in [0.5, 0.6) is 0 Å². The van der Waals surface area contributed by atoms with Crippen molar-refractivity contribution in [1.82, 2.24) is 15.1 Å². The minimum atomic E-state index is -0.312. The highest BCUT2D eigenvalue weighted by atomic mass is 32.2. The minimum absolute atomic E-state index is 0.0614. The third kappa shape index (κ3) is 8.14. The van der Waals surface area contributed by atoms with Crippen molar-refractivity contribution in [2.45, 2.75) is 42.5 Å². The maximum absolute atomic E-state index is 12.1. The molecule has 2 aliphatic heterocycles. The zero-order chi connectivity index (χ0) is 27.6. The van der Waals surface area contributed by atoms with Crippen LogP contribution in [0.2, 0.25) is 0 Å². The summed E-state index contributed by atoms with van der Waals surface area (Å²) >= 11 is 1.78. The Labute approximate surface area is 236 Å². The Hall–Kier alpha value is -2.72. The number of Topliss-reactive ketones (excluding diaryl/α,β-unsaturated/α-hetero) is 1. The predicted molar refractivity (Wildman–Crippen MR) is 155 cm³/mol. The van der Waals surface area contributed by atoms with Gasteiger partial charge < -0.3 is 19.7 Å². The number of nitrogens with zero attached hydrogens (tertiary/aromatic N) is 3. The number of rotatable bonds is 12. The van der Waals surface area contributed by atoms with Crippen LogP contribution in [0.1, 0.15) is 32.3 Å². The third-order valence-corrected chi connectivity index (χ3v) is 8.19. The number of piperazine rings is 1. The lowest BCUT2D eigenvalue weighted by Crippen LogP contribution is -2.49. The average molecular weight is 553 g/mol. The third-order valence-electron chi connectivity index (χ3n) is 7.05. The molecule has 0 saturated carbocycles. The first-order valence-corrected chi connectivity index (χ1v) is 14.6. The first-order valence-electron chi connectivity index (χ1n) is 13.8. The minimum Gasteiger partial charge on any atom is -0.463 e. The van der Waals surface area contributed by atoms with Crippen LogP contribution in [0.25, 0.3) is 0 Å². The summed E-state index contributed by atoms with van der Waals surface area (Å²) < 4.78 is 11.0. The molecule has 1 unspecified atom stereocenters. The van der Waals surface area contributed by atoms with Crippen molar-refractivity contribution < 1.29 is 19.1 Å². The molecule has 2 heterocycles. The molecular formula is C30H40N4O4S. The molecule has 0 aliphatic carbocycles. The Bertz CT molecular complexity index is 1150. The van der Waals surface area contributed by atoms with E-state index in [0.717, 1.165) is 44.2 Å². The van der Waals surface area contributed by atoms with Gasteiger partial charge in [-0.3, -0.25) is 14.5 Å². The van der Waals surface area contributed by atoms with Gasteiger partial charge in [0, 0.05) is 60.4 Å². The van der Waals surface area contributed by atoms with Crippen LogP contribution in [0, 0.1) is 5.92 Å². The molecule has 210 valence electrons. The van der Waals surface area contributed by atoms with Crippen LogP contribution < -0.4 is 5.32 Å². The lowest BCUT2D eigenvalue weighted by Gasteiger charge is -2.36. The Morgan fingerprint density at radius 1 is 0.974 bits per heavy atom. The van der Waals surface area contributed by atoms with Crippen molar-refractivity contribution in [1.29, 1.82) is 0 Å². The van der Waals surface area contributed by atoms with Gasteiger partial charge in [0.05, 0.1) is 24.9 Å². The summed E-state index contributed by atoms with van der Waals surface area (Å²) in [5, 5.41) is 2.99. The van der Waals surface area contributed by atoms with Gasteiger partial charge in [-0.15, -0.1) is 0 Å². The van der Waals surface area contributed by atoms with E-state index in [0.29, 0.717) is 19.6 Å². The quantitative estimate of drug-likeness (QED) is 0.313. The van der Waals surface area contributed by atoms with Gasteiger partial charge in [-0.1, -0.05) is 55.9 Å². The monoisotopic (exact) mass is 552 g/mol. The first kappa shape index (κ1) is 29.3. The second-order valence-electron chi connectivity index (χ2n) is 10.1. The second-order valence-corrected chi connectivity index (χ2v) is 11.2. The number of benzene rings is 2. The van der Waals surface area contributed by atoms with E-state index in [9.17, 15) is 9.59 Å². The number of fused-ring (bicyclic) bond motifs is 2. The summed E-state index contributed by atoms with van der Waals surface area (Å²) in [6.45, 7) is 9.46. The maximum atomic E-state index is 12.1. The number of carbonyl (C=O) groups excluding carboxylic acids is 2. The summed E-state index contributed by atoms with van der Waals surface area (Å²) in [5.41, 5.74) is 2.22. The smallest absolute Gasteiger partial charge is 0.305 e. The normalized spacial score (nSPS) is 16.2. The van der Waals surface area contributed by atoms with Crippen LogP contribution in [0.15, 0.2) is 63.3 Å². The highest BCUT2D eigenvalue weighted by Crippen LogP contribution is 2.40. The number of hydrogen-bond acceptors (Lipinski definition) is 9. The largest absolute Gasteiger partial charge is 0.463 e. The molecule has 2 aromatic carbocycles. The van der Waals surface area contributed by atoms with E-state index < -0.39 is 0 Å². The van der Waals surface area contributed by atoms with Crippen LogP contribution in [0.4, 0.5) is 5.69 Å². The molecule has 9 heteroatoms. The molecule has 1 atom stereocenters. The topological polar surface area (TPSA) is 83.5 Å². The molecule has 8 nitrogen and oxygen atoms in total. The van der Waals surface area contributed by atoms with Crippen molar-refractivity contribution in [3.05, 3.63) is 54.1 Å². The SMILES string of the molecule is CNC(CCC(=O)OCCOCCN1CCN(C2=Nc3ccccc3Sc3ccccc32)CC1)C(=O)C(C)C. The maximum Gasteiger partial charge on any atom is 0.305 e. The number of hydrogen-bond donors (Lipinski definition) is 1. The van der Waals surface area contributed by atoms with E-state index in [-0.39, 0.29) is 36.7 Å². The van der Waals surface area contributed by atoms with Gasteiger partial charge in [-0.05, 0) is 31.7 Å². The van der Waals surface area contributed by atoms with Crippen LogP contribution >= 0.6 is 11.8 Å². The van der Waals surface area contributed by atoms with Crippen LogP contribution in [0.3, 0.4) is 0 Å². The Morgan fingerprint density at radius 2 is 1.69 bits per heavy atom. The van der Waals surface area contributed by atoms with Gasteiger partial charge in [0.25, 0.3) is 0 Å². The number of esters is 1. The first-order chi connectivity index (χ1) is 19.0. The summed E-state index contributed by atoms with van der Waals surface area (Å²) in [4.78, 5) is 36.5. The number of amidine groups is 1. The number of ketones is 1. The molecule has 0 bridgehead atoms. The Morgan fingerprint density at radius 3 is 2.44 bits per heavy atom. The molecule has 2 aliphatic rings. The second kappa shape index (κ2) is 14.6. The number of nitrogens with one attached hydrogen (secondary N) is 1. The van der Waals surface area contributed by atoms with Crippen molar-refractivity contribution in [3.63, 3.8) is 0 Å². The van der Waals surface area contributed by atoms with Crippen molar-refractivity contribution in [2.75, 3.05) is 59.6 Å². The van der Waals surface area contributed by atoms with Crippen LogP contribution in [-0.4, -0.2) is 93.0 Å². The van der Waals surface area contributed by atoms with Crippen molar-refractivity contribution in [2.24, 2.45) is 10.9 Å². The van der Waals surface area contributed by atoms with Crippen molar-refractivity contribution in [3.8, 4) is 0 Å². The van der Waals surface area contributed by atoms with E-state index in [1.807, 2.05) is 19.9 Å². The van der Waals surface area contributed by atoms with Gasteiger partial charge in [0.1, 0.15) is 12.4 Å². The fourth-order valence-corrected chi connectivity index (χ4v) is 5.79. The summed E-state index contributed by atoms with van der Waals surface area (Å²) in [5.74, 6) is 0.811. The number of ether oxygens (including phenoxy) is 2. The fraction of sp³-hybridized carbons (Fsp3) is 0.500. The standard InChI is InChI=1S/C30H40N4O4S/c1-22(2)29(36)25(31-3)12-13-28(35)38-21-20-37-19-18-33-14-16-34(17-15-33)30-23-8-4-6-10-26(23)39-27-11-7-5-9-24(27)32-30/h4-11,22,25,31H,12-21H2,1-3H3. The summed E-state index contributed by atoms with van der Waals surface area (Å²) in [6, 6.07) is 16.5. The number of para-hydroxylation sites is 1. The van der Waals surface area contributed by atoms with E-state index in [1.165, 1.54) is 15.4 Å². The van der Waals surface area contributed by atoms with Crippen LogP contribution in [-0.2, 0) is 19.1 Å². The van der Waals surface area contributed by atoms with E-state index >= 15 is 0 Å². The summed E-state index contributed by atoms with van der Waals surface area (Å²) in [6.07, 6.45) is 0.664. The molecule has 2 aromatic rings. The van der Waals surface area contributed by atoms with E-state index in [4.69, 9.17) is 14.5 Å². The molecular weight excluding hydrogens is 512 g/mol. The van der Waals surface area contributed by atoms with Gasteiger partial charge >= 0.3 is 5.97 Å². The van der Waals surface area contributed by atoms with Gasteiger partial charge in [-0.2, -0.15) is 0 Å². The number of likely N-dealkylation sites (N-methyl/N-ethyl adjacent to an activating group) is 1. The fourth-order valence-electron chi connectivity index (χ4n) is 4.77. The highest BCUT2D eigenvalue weighted by molar-refractivity contribution is 7.99. The molecule has 0 aromatic heterocycles. The molecule has 1 fully saturated rings. The predicted octanol–water partition coefficient (Wildman–Crippen LogP) is 4.00. The zero-order valence-corrected chi connectivity index (χ0v) is 24.0. The lowest BCUT2D eigenvalue weighted by molar-refractivity contribution is -0.145. The number of carbonyl (C=O) groups is 2. The van der Waals surface area contributed by atoms with Gasteiger partial charge in [0.15, 0.2) is 5.78 Å². The summed E-state index contributed by atoms with van der Waals surface area (Å²) in [7, 11) is 1.74. The highest BCUT2D eigenvalue weighted by Gasteiger charge is 2.25. The van der Waals surface area contributed by atoms with E-state index in [1.54, 1.807) is 18.8 Å².